The van der Waals surface area contributed by atoms with Crippen molar-refractivity contribution in [3.8, 4) is 10.4 Å². The molecule has 0 amide bonds. The van der Waals surface area contributed by atoms with Gasteiger partial charge in [0.2, 0.25) is 0 Å². The first kappa shape index (κ1) is 11.8. The van der Waals surface area contributed by atoms with Crippen molar-refractivity contribution in [3.63, 3.8) is 0 Å². The van der Waals surface area contributed by atoms with E-state index in [2.05, 4.69) is 0 Å². The summed E-state index contributed by atoms with van der Waals surface area (Å²) in [6, 6.07) is 11.1. The van der Waals surface area contributed by atoms with Crippen LogP contribution in [0.4, 0.5) is 5.00 Å². The second kappa shape index (κ2) is 5.07. The largest absolute Gasteiger partial charge is 0.380 e. The fraction of sp³-hybridized carbons (Fsp3) is 0.167. The lowest BCUT2D eigenvalue weighted by atomic mass is 10.1. The normalized spacial score (nSPS) is 10.4. The van der Waals surface area contributed by atoms with Crippen LogP contribution >= 0.6 is 11.3 Å². The van der Waals surface area contributed by atoms with Crippen molar-refractivity contribution in [1.29, 1.82) is 0 Å². The van der Waals surface area contributed by atoms with E-state index in [1.165, 1.54) is 17.4 Å². The molecular weight excluding hydrogens is 238 g/mol. The Morgan fingerprint density at radius 2 is 1.94 bits per heavy atom. The van der Waals surface area contributed by atoms with E-state index in [1.54, 1.807) is 13.2 Å². The average molecular weight is 249 g/mol. The summed E-state index contributed by atoms with van der Waals surface area (Å²) < 4.78 is 5.02. The molecule has 0 spiro atoms. The van der Waals surface area contributed by atoms with Gasteiger partial charge in [0.15, 0.2) is 0 Å². The molecule has 0 bridgehead atoms. The van der Waals surface area contributed by atoms with Gasteiger partial charge in [-0.05, 0) is 17.2 Å². The third-order valence-electron chi connectivity index (χ3n) is 2.32. The minimum atomic E-state index is -0.368. The fourth-order valence-electron chi connectivity index (χ4n) is 1.51. The summed E-state index contributed by atoms with van der Waals surface area (Å²) in [6.07, 6.45) is 0. The number of ether oxygens (including phenoxy) is 1. The molecule has 2 aromatic rings. The Balaban J connectivity index is 2.23. The van der Waals surface area contributed by atoms with Crippen LogP contribution in [0.3, 0.4) is 0 Å². The van der Waals surface area contributed by atoms with Gasteiger partial charge in [0.1, 0.15) is 0 Å². The molecule has 0 saturated heterocycles. The van der Waals surface area contributed by atoms with Gasteiger partial charge in [-0.2, -0.15) is 0 Å². The lowest BCUT2D eigenvalue weighted by molar-refractivity contribution is -0.380. The van der Waals surface area contributed by atoms with Gasteiger partial charge in [-0.1, -0.05) is 35.6 Å². The zero-order valence-electron chi connectivity index (χ0n) is 9.25. The molecule has 0 aliphatic rings. The van der Waals surface area contributed by atoms with E-state index in [0.29, 0.717) is 6.61 Å². The molecule has 0 saturated carbocycles. The van der Waals surface area contributed by atoms with Gasteiger partial charge in [0, 0.05) is 18.1 Å². The molecule has 2 rings (SSSR count). The number of hydrogen-bond acceptors (Lipinski definition) is 4. The van der Waals surface area contributed by atoms with Gasteiger partial charge < -0.3 is 4.74 Å². The Bertz CT molecular complexity index is 519. The molecular formula is C12H11NO3S. The smallest absolute Gasteiger partial charge is 0.324 e. The van der Waals surface area contributed by atoms with E-state index in [4.69, 9.17) is 4.74 Å². The Kier molecular flexibility index (Phi) is 3.51. The summed E-state index contributed by atoms with van der Waals surface area (Å²) in [5, 5.41) is 10.8. The maximum atomic E-state index is 10.6. The van der Waals surface area contributed by atoms with Crippen molar-refractivity contribution < 1.29 is 9.66 Å². The third kappa shape index (κ3) is 2.69. The van der Waals surface area contributed by atoms with Gasteiger partial charge in [0.25, 0.3) is 0 Å². The van der Waals surface area contributed by atoms with Crippen molar-refractivity contribution in [2.45, 2.75) is 6.61 Å². The minimum Gasteiger partial charge on any atom is -0.380 e. The highest BCUT2D eigenvalue weighted by Crippen LogP contribution is 2.32. The van der Waals surface area contributed by atoms with Crippen molar-refractivity contribution >= 4 is 16.3 Å². The lowest BCUT2D eigenvalue weighted by Gasteiger charge is -2.01. The Labute approximate surface area is 103 Å². The number of thiophene rings is 1. The number of hydrogen-bond donors (Lipinski definition) is 0. The highest BCUT2D eigenvalue weighted by Gasteiger charge is 2.10. The fourth-order valence-corrected chi connectivity index (χ4v) is 2.34. The predicted octanol–water partition coefficient (Wildman–Crippen LogP) is 3.47. The van der Waals surface area contributed by atoms with E-state index in [9.17, 15) is 10.1 Å². The molecule has 0 radical (unpaired) electrons. The van der Waals surface area contributed by atoms with Gasteiger partial charge in [-0.3, -0.25) is 10.1 Å². The van der Waals surface area contributed by atoms with Crippen LogP contribution in [0.5, 0.6) is 0 Å². The van der Waals surface area contributed by atoms with Crippen LogP contribution in [-0.4, -0.2) is 12.0 Å². The van der Waals surface area contributed by atoms with E-state index in [1.807, 2.05) is 24.3 Å². The van der Waals surface area contributed by atoms with Crippen LogP contribution in [0.2, 0.25) is 0 Å². The van der Waals surface area contributed by atoms with Crippen LogP contribution in [-0.2, 0) is 11.3 Å². The van der Waals surface area contributed by atoms with E-state index in [0.717, 1.165) is 16.0 Å². The van der Waals surface area contributed by atoms with E-state index >= 15 is 0 Å². The Morgan fingerprint density at radius 1 is 1.24 bits per heavy atom. The summed E-state index contributed by atoms with van der Waals surface area (Å²) in [6.45, 7) is 0.574. The predicted molar refractivity (Wildman–Crippen MR) is 67.1 cm³/mol. The molecule has 1 aromatic heterocycles. The standard InChI is InChI=1S/C12H11NO3S/c1-16-8-9-2-4-10(5-3-9)11-6-7-12(17-11)13(14)15/h2-7H,8H2,1H3. The quantitative estimate of drug-likeness (QED) is 0.615. The molecule has 4 nitrogen and oxygen atoms in total. The van der Waals surface area contributed by atoms with Crippen molar-refractivity contribution in [3.05, 3.63) is 52.1 Å². The van der Waals surface area contributed by atoms with Crippen LogP contribution in [0.15, 0.2) is 36.4 Å². The average Bonchev–Trinajstić information content (AvgIpc) is 2.80. The molecule has 1 aromatic carbocycles. The molecule has 0 N–H and O–H groups in total. The molecule has 0 unspecified atom stereocenters. The summed E-state index contributed by atoms with van der Waals surface area (Å²) >= 11 is 1.18. The second-order valence-electron chi connectivity index (χ2n) is 3.52. The third-order valence-corrected chi connectivity index (χ3v) is 3.41. The first-order chi connectivity index (χ1) is 8.20. The van der Waals surface area contributed by atoms with Crippen LogP contribution in [0.25, 0.3) is 10.4 Å². The first-order valence-electron chi connectivity index (χ1n) is 5.03. The van der Waals surface area contributed by atoms with Gasteiger partial charge in [-0.25, -0.2) is 0 Å². The zero-order valence-corrected chi connectivity index (χ0v) is 10.1. The van der Waals surface area contributed by atoms with Crippen molar-refractivity contribution in [1.82, 2.24) is 0 Å². The van der Waals surface area contributed by atoms with E-state index < -0.39 is 0 Å². The highest BCUT2D eigenvalue weighted by molar-refractivity contribution is 7.18. The molecule has 88 valence electrons. The SMILES string of the molecule is COCc1ccc(-c2ccc([N+](=O)[O-])s2)cc1. The topological polar surface area (TPSA) is 52.4 Å². The number of nitro groups is 1. The number of nitrogens with zero attached hydrogens (tertiary/aromatic N) is 1. The Morgan fingerprint density at radius 3 is 2.47 bits per heavy atom. The molecule has 0 aliphatic carbocycles. The van der Waals surface area contributed by atoms with Gasteiger partial charge in [-0.15, -0.1) is 0 Å². The molecule has 0 aliphatic heterocycles. The van der Waals surface area contributed by atoms with Crippen LogP contribution < -0.4 is 0 Å². The van der Waals surface area contributed by atoms with E-state index in [-0.39, 0.29) is 9.92 Å². The number of benzene rings is 1. The zero-order chi connectivity index (χ0) is 12.3. The monoisotopic (exact) mass is 249 g/mol. The first-order valence-corrected chi connectivity index (χ1v) is 5.85. The Hall–Kier alpha value is -1.72. The van der Waals surface area contributed by atoms with Crippen LogP contribution in [0.1, 0.15) is 5.56 Å². The maximum absolute atomic E-state index is 10.6. The molecule has 5 heteroatoms. The summed E-state index contributed by atoms with van der Waals surface area (Å²) in [7, 11) is 1.65. The van der Waals surface area contributed by atoms with Crippen LogP contribution in [0, 0.1) is 10.1 Å². The molecule has 0 atom stereocenters. The minimum absolute atomic E-state index is 0.168. The highest BCUT2D eigenvalue weighted by atomic mass is 32.1. The van der Waals surface area contributed by atoms with Gasteiger partial charge in [0.05, 0.1) is 11.5 Å². The summed E-state index contributed by atoms with van der Waals surface area (Å²) in [5.74, 6) is 0. The molecule has 1 heterocycles. The summed E-state index contributed by atoms with van der Waals surface area (Å²) in [4.78, 5) is 11.1. The lowest BCUT2D eigenvalue weighted by Crippen LogP contribution is -1.86. The van der Waals surface area contributed by atoms with Gasteiger partial charge >= 0.3 is 5.00 Å². The molecule has 0 fully saturated rings. The second-order valence-corrected chi connectivity index (χ2v) is 4.59. The summed E-state index contributed by atoms with van der Waals surface area (Å²) in [5.41, 5.74) is 2.07. The maximum Gasteiger partial charge on any atom is 0.324 e. The number of rotatable bonds is 4. The number of methoxy groups -OCH3 is 1. The van der Waals surface area contributed by atoms with Crippen molar-refractivity contribution in [2.75, 3.05) is 7.11 Å². The van der Waals surface area contributed by atoms with Crippen molar-refractivity contribution in [2.24, 2.45) is 0 Å². The molecule has 17 heavy (non-hydrogen) atoms.